The predicted molar refractivity (Wildman–Crippen MR) is 204 cm³/mol. The first-order valence-corrected chi connectivity index (χ1v) is 20.9. The van der Waals surface area contributed by atoms with Crippen molar-refractivity contribution in [2.45, 2.75) is 233 Å². The van der Waals surface area contributed by atoms with Gasteiger partial charge in [-0.25, -0.2) is 0 Å². The van der Waals surface area contributed by atoms with E-state index in [1.54, 1.807) is 0 Å². The maximum absolute atomic E-state index is 13.6. The third-order valence-corrected chi connectivity index (χ3v) is 10.4. The van der Waals surface area contributed by atoms with Gasteiger partial charge in [-0.2, -0.15) is 0 Å². The second-order valence-corrected chi connectivity index (χ2v) is 15.0. The third-order valence-electron chi connectivity index (χ3n) is 10.4. The van der Waals surface area contributed by atoms with Gasteiger partial charge in [0.25, 0.3) is 0 Å². The number of benzene rings is 1. The van der Waals surface area contributed by atoms with Crippen molar-refractivity contribution in [3.8, 4) is 5.75 Å². The third kappa shape index (κ3) is 23.9. The fraction of sp³-hybridized carbons (Fsp3) is 0.841. The summed E-state index contributed by atoms with van der Waals surface area (Å²) >= 11 is 0. The average molecular weight is 641 g/mol. The van der Waals surface area contributed by atoms with Gasteiger partial charge in [0.1, 0.15) is 5.75 Å². The highest BCUT2D eigenvalue weighted by Crippen LogP contribution is 2.34. The predicted octanol–water partition coefficient (Wildman–Crippen LogP) is 15.3. The fourth-order valence-electron chi connectivity index (χ4n) is 6.93. The molecule has 0 heterocycles. The first-order valence-electron chi connectivity index (χ1n) is 20.9. The Kier molecular flexibility index (Phi) is 28.8. The summed E-state index contributed by atoms with van der Waals surface area (Å²) in [5, 5.41) is 0. The zero-order valence-corrected chi connectivity index (χ0v) is 31.8. The van der Waals surface area contributed by atoms with Crippen LogP contribution in [0.25, 0.3) is 0 Å². The summed E-state index contributed by atoms with van der Waals surface area (Å²) in [5.74, 6) is 0.712. The van der Waals surface area contributed by atoms with Crippen LogP contribution in [-0.2, 0) is 11.2 Å². The van der Waals surface area contributed by atoms with Gasteiger partial charge in [-0.05, 0) is 50.3 Å². The number of rotatable bonds is 34. The van der Waals surface area contributed by atoms with E-state index in [2.05, 4.69) is 39.8 Å². The molecule has 1 atom stereocenters. The van der Waals surface area contributed by atoms with E-state index in [-0.39, 0.29) is 11.4 Å². The summed E-state index contributed by atoms with van der Waals surface area (Å²) in [5.41, 5.74) is 0.979. The van der Waals surface area contributed by atoms with Crippen LogP contribution in [0.5, 0.6) is 5.75 Å². The van der Waals surface area contributed by atoms with Gasteiger partial charge >= 0.3 is 5.97 Å². The monoisotopic (exact) mass is 641 g/mol. The second-order valence-electron chi connectivity index (χ2n) is 15.0. The summed E-state index contributed by atoms with van der Waals surface area (Å²) in [7, 11) is 0. The molecule has 1 aromatic rings. The molecule has 0 aliphatic carbocycles. The summed E-state index contributed by atoms with van der Waals surface area (Å²) in [4.78, 5) is 13.6. The van der Waals surface area contributed by atoms with E-state index in [0.29, 0.717) is 0 Å². The standard InChI is InChI=1S/C44H80O2/c1-5-8-11-14-17-19-21-22-24-27-30-33-40-44(4,39-32-29-26-23-20-18-15-12-9-6-2)43(45)46-42-37-35-41(36-38-42)34-31-28-25-16-13-10-7-3/h35-38H,5-34,39-40H2,1-4H3. The van der Waals surface area contributed by atoms with E-state index < -0.39 is 0 Å². The van der Waals surface area contributed by atoms with E-state index in [0.717, 1.165) is 37.9 Å². The van der Waals surface area contributed by atoms with E-state index in [9.17, 15) is 4.79 Å². The number of ether oxygens (including phenoxy) is 1. The SMILES string of the molecule is CCCCCCCCCCCCCCC(C)(CCCCCCCCCCCC)C(=O)Oc1ccc(CCCCCCCCC)cc1. The topological polar surface area (TPSA) is 26.3 Å². The van der Waals surface area contributed by atoms with E-state index in [4.69, 9.17) is 4.74 Å². The molecule has 0 spiro atoms. The minimum Gasteiger partial charge on any atom is -0.426 e. The van der Waals surface area contributed by atoms with Crippen LogP contribution in [0, 0.1) is 5.41 Å². The van der Waals surface area contributed by atoms with Gasteiger partial charge in [0.2, 0.25) is 0 Å². The van der Waals surface area contributed by atoms with Crippen molar-refractivity contribution >= 4 is 5.97 Å². The van der Waals surface area contributed by atoms with Crippen LogP contribution in [0.4, 0.5) is 0 Å². The van der Waals surface area contributed by atoms with Crippen LogP contribution >= 0.6 is 0 Å². The molecule has 46 heavy (non-hydrogen) atoms. The molecule has 1 rings (SSSR count). The Morgan fingerprint density at radius 3 is 1.11 bits per heavy atom. The first-order chi connectivity index (χ1) is 22.6. The van der Waals surface area contributed by atoms with Crippen molar-refractivity contribution in [2.24, 2.45) is 5.41 Å². The second kappa shape index (κ2) is 31.0. The number of aryl methyl sites for hydroxylation is 1. The molecular weight excluding hydrogens is 560 g/mol. The van der Waals surface area contributed by atoms with E-state index >= 15 is 0 Å². The van der Waals surface area contributed by atoms with Gasteiger partial charge in [0.05, 0.1) is 5.41 Å². The van der Waals surface area contributed by atoms with Crippen molar-refractivity contribution < 1.29 is 9.53 Å². The molecule has 0 aliphatic heterocycles. The number of hydrogen-bond acceptors (Lipinski definition) is 2. The van der Waals surface area contributed by atoms with Crippen LogP contribution in [0.15, 0.2) is 24.3 Å². The van der Waals surface area contributed by atoms with Crippen molar-refractivity contribution in [2.75, 3.05) is 0 Å². The van der Waals surface area contributed by atoms with Crippen molar-refractivity contribution in [1.82, 2.24) is 0 Å². The number of esters is 1. The van der Waals surface area contributed by atoms with Crippen molar-refractivity contribution in [3.05, 3.63) is 29.8 Å². The quantitative estimate of drug-likeness (QED) is 0.0425. The molecule has 1 aromatic carbocycles. The van der Waals surface area contributed by atoms with E-state index in [1.165, 1.54) is 179 Å². The Hall–Kier alpha value is -1.31. The Bertz CT molecular complexity index is 784. The van der Waals surface area contributed by atoms with Crippen LogP contribution in [0.2, 0.25) is 0 Å². The molecule has 0 aliphatic rings. The van der Waals surface area contributed by atoms with Crippen LogP contribution < -0.4 is 4.74 Å². The highest BCUT2D eigenvalue weighted by atomic mass is 16.5. The fourth-order valence-corrected chi connectivity index (χ4v) is 6.93. The molecule has 2 heteroatoms. The lowest BCUT2D eigenvalue weighted by Crippen LogP contribution is -2.32. The minimum atomic E-state index is -0.380. The molecule has 0 aromatic heterocycles. The summed E-state index contributed by atoms with van der Waals surface area (Å²) < 4.78 is 6.08. The van der Waals surface area contributed by atoms with Crippen LogP contribution in [-0.4, -0.2) is 5.97 Å². The van der Waals surface area contributed by atoms with E-state index in [1.807, 2.05) is 12.1 Å². The number of carbonyl (C=O) groups excluding carboxylic acids is 1. The lowest BCUT2D eigenvalue weighted by molar-refractivity contribution is -0.146. The Balaban J connectivity index is 2.46. The Labute approximate surface area is 289 Å². The van der Waals surface area contributed by atoms with Crippen molar-refractivity contribution in [1.29, 1.82) is 0 Å². The number of unbranched alkanes of at least 4 members (excludes halogenated alkanes) is 26. The molecule has 0 N–H and O–H groups in total. The molecule has 0 fully saturated rings. The van der Waals surface area contributed by atoms with Gasteiger partial charge < -0.3 is 4.74 Å². The van der Waals surface area contributed by atoms with Gasteiger partial charge in [-0.3, -0.25) is 4.79 Å². The average Bonchev–Trinajstić information content (AvgIpc) is 3.06. The van der Waals surface area contributed by atoms with Gasteiger partial charge in [0.15, 0.2) is 0 Å². The van der Waals surface area contributed by atoms with Gasteiger partial charge in [0, 0.05) is 0 Å². The lowest BCUT2D eigenvalue weighted by Gasteiger charge is -2.27. The van der Waals surface area contributed by atoms with Gasteiger partial charge in [-0.1, -0.05) is 213 Å². The zero-order valence-electron chi connectivity index (χ0n) is 31.8. The molecule has 0 bridgehead atoms. The summed E-state index contributed by atoms with van der Waals surface area (Å²) in [6, 6.07) is 8.40. The smallest absolute Gasteiger partial charge is 0.317 e. The van der Waals surface area contributed by atoms with Crippen LogP contribution in [0.3, 0.4) is 0 Å². The molecule has 0 saturated carbocycles. The molecule has 0 saturated heterocycles. The highest BCUT2D eigenvalue weighted by Gasteiger charge is 2.34. The maximum atomic E-state index is 13.6. The van der Waals surface area contributed by atoms with Crippen molar-refractivity contribution in [3.63, 3.8) is 0 Å². The van der Waals surface area contributed by atoms with Gasteiger partial charge in [-0.15, -0.1) is 0 Å². The lowest BCUT2D eigenvalue weighted by atomic mass is 9.79. The maximum Gasteiger partial charge on any atom is 0.317 e. The Morgan fingerprint density at radius 2 is 0.761 bits per heavy atom. The first kappa shape index (κ1) is 42.7. The van der Waals surface area contributed by atoms with Crippen LogP contribution in [0.1, 0.15) is 232 Å². The largest absolute Gasteiger partial charge is 0.426 e. The highest BCUT2D eigenvalue weighted by molar-refractivity contribution is 5.78. The molecule has 1 unspecified atom stereocenters. The molecule has 2 nitrogen and oxygen atoms in total. The Morgan fingerprint density at radius 1 is 0.457 bits per heavy atom. The molecule has 0 radical (unpaired) electrons. The normalized spacial score (nSPS) is 12.8. The zero-order chi connectivity index (χ0) is 33.4. The molecule has 268 valence electrons. The summed E-state index contributed by atoms with van der Waals surface area (Å²) in [6.45, 7) is 9.05. The molecular formula is C44H80O2. The molecule has 0 amide bonds. The summed E-state index contributed by atoms with van der Waals surface area (Å²) in [6.07, 6.45) is 41.9. The number of hydrogen-bond donors (Lipinski definition) is 0. The minimum absolute atomic E-state index is 0.00803. The number of carbonyl (C=O) groups is 1.